The highest BCUT2D eigenvalue weighted by molar-refractivity contribution is 6.30. The maximum atomic E-state index is 13.5. The van der Waals surface area contributed by atoms with Crippen LogP contribution in [-0.4, -0.2) is 20.3 Å². The van der Waals surface area contributed by atoms with Gasteiger partial charge in [-0.15, -0.1) is 5.10 Å². The molecule has 0 saturated carbocycles. The zero-order valence-electron chi connectivity index (χ0n) is 23.5. The number of alkyl halides is 3. The van der Waals surface area contributed by atoms with E-state index in [1.807, 2.05) is 24.3 Å². The molecule has 0 unspecified atom stereocenters. The van der Waals surface area contributed by atoms with Gasteiger partial charge >= 0.3 is 11.9 Å². The van der Waals surface area contributed by atoms with Crippen LogP contribution in [0.4, 0.5) is 13.2 Å². The minimum Gasteiger partial charge on any atom is -0.346 e. The Bertz CT molecular complexity index is 1600. The first-order valence-electron chi connectivity index (χ1n) is 13.1. The molecule has 1 aromatic heterocycles. The summed E-state index contributed by atoms with van der Waals surface area (Å²) in [6.07, 6.45) is -4.51. The SMILES string of the molecule is CC(C)(C)c1ccc(Cn2c(-c3ccc(Cl)cc3)nn(CC(=O)NC(C)(C)c3cccc(C(F)(F)F)c3)c2=O)cc1. The van der Waals surface area contributed by atoms with E-state index in [2.05, 4.69) is 31.2 Å². The summed E-state index contributed by atoms with van der Waals surface area (Å²) in [5, 5.41) is 7.73. The van der Waals surface area contributed by atoms with Crippen LogP contribution in [0.3, 0.4) is 0 Å². The summed E-state index contributed by atoms with van der Waals surface area (Å²) in [6.45, 7) is 9.36. The van der Waals surface area contributed by atoms with Crippen LogP contribution in [0.1, 0.15) is 56.9 Å². The zero-order valence-corrected chi connectivity index (χ0v) is 24.3. The van der Waals surface area contributed by atoms with Gasteiger partial charge in [0.05, 0.1) is 17.6 Å². The van der Waals surface area contributed by atoms with Crippen LogP contribution in [0.15, 0.2) is 77.6 Å². The molecule has 1 N–H and O–H groups in total. The van der Waals surface area contributed by atoms with Gasteiger partial charge < -0.3 is 5.32 Å². The van der Waals surface area contributed by atoms with Crippen molar-refractivity contribution in [3.63, 3.8) is 0 Å². The van der Waals surface area contributed by atoms with E-state index in [1.165, 1.54) is 16.7 Å². The number of halogens is 4. The van der Waals surface area contributed by atoms with Crippen molar-refractivity contribution < 1.29 is 18.0 Å². The molecule has 1 heterocycles. The summed E-state index contributed by atoms with van der Waals surface area (Å²) in [5.74, 6) is -0.215. The lowest BCUT2D eigenvalue weighted by Crippen LogP contribution is -2.44. The quantitative estimate of drug-likeness (QED) is 0.260. The van der Waals surface area contributed by atoms with Crippen LogP contribution in [-0.2, 0) is 35.0 Å². The lowest BCUT2D eigenvalue weighted by atomic mass is 9.87. The van der Waals surface area contributed by atoms with E-state index >= 15 is 0 Å². The Morgan fingerprint density at radius 2 is 1.49 bits per heavy atom. The van der Waals surface area contributed by atoms with Crippen LogP contribution in [0.5, 0.6) is 0 Å². The normalized spacial score (nSPS) is 12.4. The molecule has 0 aliphatic rings. The van der Waals surface area contributed by atoms with E-state index in [-0.39, 0.29) is 17.5 Å². The van der Waals surface area contributed by atoms with E-state index in [0.717, 1.165) is 27.9 Å². The predicted octanol–water partition coefficient (Wildman–Crippen LogP) is 6.78. The predicted molar refractivity (Wildman–Crippen MR) is 154 cm³/mol. The summed E-state index contributed by atoms with van der Waals surface area (Å²) in [5.41, 5.74) is 0.479. The standard InChI is InChI=1S/C31H32ClF3N4O2/c1-29(2,3)22-13-9-20(10-14-22)18-38-27(21-11-15-25(32)16-12-21)37-39(28(38)41)19-26(40)36-30(4,5)23-7-6-8-24(17-23)31(33,34)35/h6-17H,18-19H2,1-5H3,(H,36,40). The van der Waals surface area contributed by atoms with Crippen molar-refractivity contribution in [2.45, 2.75) is 64.8 Å². The minimum absolute atomic E-state index is 0.0239. The Morgan fingerprint density at radius 3 is 2.07 bits per heavy atom. The van der Waals surface area contributed by atoms with Crippen molar-refractivity contribution in [3.8, 4) is 11.4 Å². The fraction of sp³-hybridized carbons (Fsp3) is 0.323. The second-order valence-electron chi connectivity index (χ2n) is 11.6. The van der Waals surface area contributed by atoms with Gasteiger partial charge in [0.2, 0.25) is 5.91 Å². The minimum atomic E-state index is -4.51. The molecule has 6 nitrogen and oxygen atoms in total. The molecule has 41 heavy (non-hydrogen) atoms. The van der Waals surface area contributed by atoms with Crippen molar-refractivity contribution in [1.29, 1.82) is 0 Å². The van der Waals surface area contributed by atoms with Gasteiger partial charge in [-0.2, -0.15) is 13.2 Å². The fourth-order valence-corrected chi connectivity index (χ4v) is 4.60. The molecule has 4 aromatic rings. The number of nitrogens with zero attached hydrogens (tertiary/aromatic N) is 3. The van der Waals surface area contributed by atoms with Gasteiger partial charge in [-0.05, 0) is 72.4 Å². The average Bonchev–Trinajstić information content (AvgIpc) is 3.18. The van der Waals surface area contributed by atoms with Crippen molar-refractivity contribution in [3.05, 3.63) is 111 Å². The number of hydrogen-bond donors (Lipinski definition) is 1. The van der Waals surface area contributed by atoms with E-state index in [1.54, 1.807) is 38.1 Å². The van der Waals surface area contributed by atoms with Crippen molar-refractivity contribution in [1.82, 2.24) is 19.7 Å². The lowest BCUT2D eigenvalue weighted by Gasteiger charge is -2.27. The molecule has 10 heteroatoms. The van der Waals surface area contributed by atoms with Crippen LogP contribution in [0, 0.1) is 0 Å². The topological polar surface area (TPSA) is 68.9 Å². The van der Waals surface area contributed by atoms with Gasteiger partial charge in [0.1, 0.15) is 6.54 Å². The van der Waals surface area contributed by atoms with Crippen LogP contribution in [0.2, 0.25) is 5.02 Å². The summed E-state index contributed by atoms with van der Waals surface area (Å²) in [6, 6.07) is 19.6. The third-order valence-electron chi connectivity index (χ3n) is 6.84. The number of hydrogen-bond acceptors (Lipinski definition) is 3. The molecule has 0 aliphatic carbocycles. The molecule has 1 amide bonds. The average molecular weight is 585 g/mol. The molecular weight excluding hydrogens is 553 g/mol. The molecule has 0 spiro atoms. The first-order valence-corrected chi connectivity index (χ1v) is 13.4. The van der Waals surface area contributed by atoms with Gasteiger partial charge in [0, 0.05) is 10.6 Å². The molecule has 4 rings (SSSR count). The smallest absolute Gasteiger partial charge is 0.346 e. The third kappa shape index (κ3) is 7.08. The second-order valence-corrected chi connectivity index (χ2v) is 12.0. The molecule has 216 valence electrons. The highest BCUT2D eigenvalue weighted by Gasteiger charge is 2.33. The molecule has 0 saturated heterocycles. The van der Waals surface area contributed by atoms with Gasteiger partial charge in [-0.1, -0.05) is 68.8 Å². The number of rotatable bonds is 7. The zero-order chi connectivity index (χ0) is 30.2. The fourth-order valence-electron chi connectivity index (χ4n) is 4.47. The molecule has 0 radical (unpaired) electrons. The Hall–Kier alpha value is -3.85. The van der Waals surface area contributed by atoms with Crippen molar-refractivity contribution >= 4 is 17.5 Å². The van der Waals surface area contributed by atoms with Gasteiger partial charge in [0.25, 0.3) is 0 Å². The van der Waals surface area contributed by atoms with Crippen LogP contribution in [0.25, 0.3) is 11.4 Å². The Balaban J connectivity index is 1.63. The first kappa shape index (κ1) is 30.1. The summed E-state index contributed by atoms with van der Waals surface area (Å²) >= 11 is 6.06. The van der Waals surface area contributed by atoms with Gasteiger partial charge in [-0.25, -0.2) is 9.48 Å². The third-order valence-corrected chi connectivity index (χ3v) is 7.09. The Morgan fingerprint density at radius 1 is 0.878 bits per heavy atom. The lowest BCUT2D eigenvalue weighted by molar-refractivity contribution is -0.137. The maximum absolute atomic E-state index is 13.5. The largest absolute Gasteiger partial charge is 0.416 e. The Labute approximate surface area is 241 Å². The molecular formula is C31H32ClF3N4O2. The second kappa shape index (κ2) is 11.2. The molecule has 0 fully saturated rings. The van der Waals surface area contributed by atoms with Crippen LogP contribution >= 0.6 is 11.6 Å². The highest BCUT2D eigenvalue weighted by Crippen LogP contribution is 2.32. The number of benzene rings is 3. The summed E-state index contributed by atoms with van der Waals surface area (Å²) in [4.78, 5) is 26.6. The molecule has 0 bridgehead atoms. The van der Waals surface area contributed by atoms with Crippen molar-refractivity contribution in [2.24, 2.45) is 0 Å². The van der Waals surface area contributed by atoms with Gasteiger partial charge in [-0.3, -0.25) is 9.36 Å². The van der Waals surface area contributed by atoms with E-state index in [4.69, 9.17) is 11.6 Å². The molecule has 0 aliphatic heterocycles. The highest BCUT2D eigenvalue weighted by atomic mass is 35.5. The maximum Gasteiger partial charge on any atom is 0.416 e. The number of aromatic nitrogens is 3. The van der Waals surface area contributed by atoms with E-state index in [9.17, 15) is 22.8 Å². The van der Waals surface area contributed by atoms with E-state index in [0.29, 0.717) is 16.4 Å². The number of carbonyl (C=O) groups excluding carboxylic acids is 1. The summed E-state index contributed by atoms with van der Waals surface area (Å²) < 4.78 is 42.3. The molecule has 3 aromatic carbocycles. The monoisotopic (exact) mass is 584 g/mol. The number of amides is 1. The molecule has 0 atom stereocenters. The first-order chi connectivity index (χ1) is 19.0. The Kier molecular flexibility index (Phi) is 8.23. The summed E-state index contributed by atoms with van der Waals surface area (Å²) in [7, 11) is 0. The van der Waals surface area contributed by atoms with Gasteiger partial charge in [0.15, 0.2) is 5.82 Å². The number of nitrogens with one attached hydrogen (secondary N) is 1. The number of carbonyl (C=O) groups is 1. The van der Waals surface area contributed by atoms with Crippen LogP contribution < -0.4 is 11.0 Å². The van der Waals surface area contributed by atoms with Crippen molar-refractivity contribution in [2.75, 3.05) is 0 Å². The van der Waals surface area contributed by atoms with E-state index < -0.39 is 35.4 Å².